The molecule has 0 N–H and O–H groups in total. The molecule has 123 valence electrons. The third-order valence-corrected chi connectivity index (χ3v) is 4.65. The number of hydrogen-bond donors (Lipinski definition) is 0. The van der Waals surface area contributed by atoms with Crippen LogP contribution in [0, 0.1) is 13.0 Å². The number of benzene rings is 3. The van der Waals surface area contributed by atoms with Crippen LogP contribution in [0.15, 0.2) is 72.9 Å². The summed E-state index contributed by atoms with van der Waals surface area (Å²) < 4.78 is 2.26. The van der Waals surface area contributed by atoms with Gasteiger partial charge >= 0.3 is 0 Å². The second-order valence-corrected chi connectivity index (χ2v) is 6.09. The van der Waals surface area contributed by atoms with Gasteiger partial charge in [-0.25, -0.2) is 0 Å². The van der Waals surface area contributed by atoms with Gasteiger partial charge in [0.05, 0.1) is 5.65 Å². The maximum atomic E-state index is 4.66. The van der Waals surface area contributed by atoms with Crippen LogP contribution < -0.4 is 0 Å². The Morgan fingerprint density at radius 1 is 0.880 bits per heavy atom. The molecular formula is C22H15IrN2-. The molecule has 2 aromatic heterocycles. The fourth-order valence-electron chi connectivity index (χ4n) is 3.59. The fourth-order valence-corrected chi connectivity index (χ4v) is 3.59. The number of fused-ring (bicyclic) bond motifs is 6. The number of pyridine rings is 1. The molecule has 0 aliphatic rings. The molecular weight excluding hydrogens is 484 g/mol. The molecule has 0 amide bonds. The van der Waals surface area contributed by atoms with Gasteiger partial charge in [-0.1, -0.05) is 53.9 Å². The Labute approximate surface area is 159 Å². The molecule has 1 radical (unpaired) electrons. The molecule has 2 nitrogen and oxygen atoms in total. The summed E-state index contributed by atoms with van der Waals surface area (Å²) in [6, 6.07) is 26.6. The van der Waals surface area contributed by atoms with Gasteiger partial charge in [-0.2, -0.15) is 0 Å². The van der Waals surface area contributed by atoms with Crippen molar-refractivity contribution in [3.63, 3.8) is 0 Å². The van der Waals surface area contributed by atoms with Gasteiger partial charge in [0, 0.05) is 43.1 Å². The van der Waals surface area contributed by atoms with Crippen molar-refractivity contribution in [3.05, 3.63) is 84.7 Å². The van der Waals surface area contributed by atoms with E-state index in [0.29, 0.717) is 0 Å². The van der Waals surface area contributed by atoms with E-state index in [1.165, 1.54) is 27.4 Å². The van der Waals surface area contributed by atoms with Crippen LogP contribution in [-0.2, 0) is 20.1 Å². The van der Waals surface area contributed by atoms with Gasteiger partial charge in [0.25, 0.3) is 0 Å². The van der Waals surface area contributed by atoms with Crippen molar-refractivity contribution in [3.8, 4) is 11.1 Å². The van der Waals surface area contributed by atoms with Crippen LogP contribution >= 0.6 is 0 Å². The number of aromatic nitrogens is 2. The quantitative estimate of drug-likeness (QED) is 0.223. The Kier molecular flexibility index (Phi) is 3.91. The number of rotatable bonds is 1. The largest absolute Gasteiger partial charge is 0.337 e. The van der Waals surface area contributed by atoms with E-state index in [0.717, 1.165) is 16.7 Å². The van der Waals surface area contributed by atoms with Crippen molar-refractivity contribution in [2.45, 2.75) is 6.92 Å². The van der Waals surface area contributed by atoms with Crippen LogP contribution in [0.3, 0.4) is 0 Å². The van der Waals surface area contributed by atoms with Crippen LogP contribution in [0.25, 0.3) is 38.4 Å². The number of aryl methyl sites for hydroxylation is 1. The molecule has 0 bridgehead atoms. The summed E-state index contributed by atoms with van der Waals surface area (Å²) >= 11 is 0. The summed E-state index contributed by atoms with van der Waals surface area (Å²) in [5.41, 5.74) is 5.76. The molecule has 0 aliphatic heterocycles. The SMILES string of the molecule is Cc1cnc2c3[c-]cccc3c3cccc(-c4ccccc4)c3n12.[Ir]. The molecule has 0 fully saturated rings. The van der Waals surface area contributed by atoms with Crippen LogP contribution in [0.4, 0.5) is 0 Å². The molecule has 3 heteroatoms. The summed E-state index contributed by atoms with van der Waals surface area (Å²) in [5, 5.41) is 3.50. The summed E-state index contributed by atoms with van der Waals surface area (Å²) in [6.45, 7) is 2.11. The molecule has 5 aromatic rings. The molecule has 0 spiro atoms. The van der Waals surface area contributed by atoms with Crippen molar-refractivity contribution in [1.82, 2.24) is 9.38 Å². The first-order valence-electron chi connectivity index (χ1n) is 8.09. The number of nitrogens with zero attached hydrogens (tertiary/aromatic N) is 2. The van der Waals surface area contributed by atoms with Crippen molar-refractivity contribution in [1.29, 1.82) is 0 Å². The molecule has 25 heavy (non-hydrogen) atoms. The predicted octanol–water partition coefficient (Wildman–Crippen LogP) is 5.41. The van der Waals surface area contributed by atoms with Crippen molar-refractivity contribution in [2.24, 2.45) is 0 Å². The van der Waals surface area contributed by atoms with E-state index in [1.807, 2.05) is 18.3 Å². The van der Waals surface area contributed by atoms with Crippen molar-refractivity contribution >= 4 is 27.3 Å². The second kappa shape index (κ2) is 6.11. The third kappa shape index (κ3) is 2.31. The van der Waals surface area contributed by atoms with Gasteiger partial charge in [0.1, 0.15) is 0 Å². The zero-order chi connectivity index (χ0) is 16.1. The number of imidazole rings is 1. The molecule has 0 aliphatic carbocycles. The molecule has 5 rings (SSSR count). The van der Waals surface area contributed by atoms with Crippen LogP contribution in [-0.4, -0.2) is 9.38 Å². The summed E-state index contributed by atoms with van der Waals surface area (Å²) in [7, 11) is 0. The maximum Gasteiger partial charge on any atom is 0.0610 e. The maximum absolute atomic E-state index is 4.66. The van der Waals surface area contributed by atoms with Gasteiger partial charge in [-0.15, -0.1) is 29.7 Å². The van der Waals surface area contributed by atoms with Gasteiger partial charge in [0.15, 0.2) is 0 Å². The molecule has 0 saturated heterocycles. The van der Waals surface area contributed by atoms with E-state index in [2.05, 4.69) is 77.0 Å². The third-order valence-electron chi connectivity index (χ3n) is 4.65. The Bertz CT molecular complexity index is 1210. The molecule has 2 heterocycles. The average Bonchev–Trinajstić information content (AvgIpc) is 3.04. The molecule has 3 aromatic carbocycles. The smallest absolute Gasteiger partial charge is 0.0610 e. The van der Waals surface area contributed by atoms with Crippen molar-refractivity contribution < 1.29 is 20.1 Å². The van der Waals surface area contributed by atoms with Crippen LogP contribution in [0.5, 0.6) is 0 Å². The Morgan fingerprint density at radius 2 is 1.68 bits per heavy atom. The second-order valence-electron chi connectivity index (χ2n) is 6.09. The standard InChI is InChI=1S/C22H15N2.Ir/c1-15-14-23-22-20-11-6-5-10-18(20)19-13-7-12-17(21(19)24(15)22)16-8-3-2-4-9-16;/h2-10,12-14H,1H3;/q-1;. The minimum Gasteiger partial charge on any atom is -0.337 e. The van der Waals surface area contributed by atoms with E-state index in [-0.39, 0.29) is 20.1 Å². The first-order valence-corrected chi connectivity index (χ1v) is 8.09. The minimum atomic E-state index is 0. The monoisotopic (exact) mass is 500 g/mol. The summed E-state index contributed by atoms with van der Waals surface area (Å²) in [5.74, 6) is 0. The van der Waals surface area contributed by atoms with Crippen LogP contribution in [0.1, 0.15) is 5.69 Å². The average molecular weight is 500 g/mol. The molecule has 0 atom stereocenters. The van der Waals surface area contributed by atoms with Gasteiger partial charge in [0.2, 0.25) is 0 Å². The van der Waals surface area contributed by atoms with Crippen LogP contribution in [0.2, 0.25) is 0 Å². The Hall–Kier alpha value is -2.48. The first-order chi connectivity index (χ1) is 11.8. The van der Waals surface area contributed by atoms with E-state index in [4.69, 9.17) is 0 Å². The normalized spacial score (nSPS) is 11.1. The minimum absolute atomic E-state index is 0. The summed E-state index contributed by atoms with van der Waals surface area (Å²) in [4.78, 5) is 4.66. The van der Waals surface area contributed by atoms with E-state index < -0.39 is 0 Å². The van der Waals surface area contributed by atoms with E-state index >= 15 is 0 Å². The molecule has 0 saturated carbocycles. The van der Waals surface area contributed by atoms with Gasteiger partial charge in [-0.3, -0.25) is 4.98 Å². The Morgan fingerprint density at radius 3 is 2.52 bits per heavy atom. The van der Waals surface area contributed by atoms with Gasteiger partial charge in [-0.05, 0) is 17.9 Å². The van der Waals surface area contributed by atoms with Gasteiger partial charge < -0.3 is 4.40 Å². The topological polar surface area (TPSA) is 17.3 Å². The zero-order valence-corrected chi connectivity index (χ0v) is 16.1. The van der Waals surface area contributed by atoms with Crippen molar-refractivity contribution in [2.75, 3.05) is 0 Å². The molecule has 0 unspecified atom stereocenters. The van der Waals surface area contributed by atoms with E-state index in [1.54, 1.807) is 0 Å². The summed E-state index contributed by atoms with van der Waals surface area (Å²) in [6.07, 6.45) is 1.94. The fraction of sp³-hybridized carbons (Fsp3) is 0.0455. The number of para-hydroxylation sites is 1. The van der Waals surface area contributed by atoms with E-state index in [9.17, 15) is 0 Å². The Balaban J connectivity index is 0.00000157. The number of hydrogen-bond acceptors (Lipinski definition) is 1. The predicted molar refractivity (Wildman–Crippen MR) is 99.2 cm³/mol. The first kappa shape index (κ1) is 16.0. The zero-order valence-electron chi connectivity index (χ0n) is 13.7.